The maximum atomic E-state index is 12.0. The van der Waals surface area contributed by atoms with Crippen LogP contribution in [0.25, 0.3) is 0 Å². The van der Waals surface area contributed by atoms with E-state index in [1.54, 1.807) is 0 Å². The number of nitrogens with one attached hydrogen (secondary N) is 2. The molecule has 21 heavy (non-hydrogen) atoms. The van der Waals surface area contributed by atoms with Crippen LogP contribution < -0.4 is 14.8 Å². The lowest BCUT2D eigenvalue weighted by Crippen LogP contribution is -2.38. The van der Waals surface area contributed by atoms with Crippen molar-refractivity contribution in [1.82, 2.24) is 10.0 Å². The van der Waals surface area contributed by atoms with Gasteiger partial charge in [0.15, 0.2) is 0 Å². The quantitative estimate of drug-likeness (QED) is 0.745. The van der Waals surface area contributed by atoms with Crippen LogP contribution in [0.4, 0.5) is 0 Å². The molecule has 1 saturated heterocycles. The minimum Gasteiger partial charge on any atom is -0.492 e. The highest BCUT2D eigenvalue weighted by molar-refractivity contribution is 7.89. The Morgan fingerprint density at radius 3 is 3.00 bits per heavy atom. The Bertz CT molecular complexity index is 540. The first-order valence-corrected chi connectivity index (χ1v) is 9.08. The average molecular weight is 312 g/mol. The summed E-state index contributed by atoms with van der Waals surface area (Å²) in [5, 5.41) is 3.23. The van der Waals surface area contributed by atoms with E-state index in [9.17, 15) is 8.42 Å². The molecule has 1 aromatic carbocycles. The molecule has 6 heteroatoms. The molecule has 0 bridgehead atoms. The van der Waals surface area contributed by atoms with Gasteiger partial charge in [-0.1, -0.05) is 12.1 Å². The highest BCUT2D eigenvalue weighted by Crippen LogP contribution is 2.13. The minimum atomic E-state index is -3.21. The topological polar surface area (TPSA) is 67.4 Å². The number of hydrogen-bond acceptors (Lipinski definition) is 4. The van der Waals surface area contributed by atoms with Crippen LogP contribution >= 0.6 is 0 Å². The van der Waals surface area contributed by atoms with E-state index >= 15 is 0 Å². The van der Waals surface area contributed by atoms with Gasteiger partial charge in [-0.2, -0.15) is 0 Å². The van der Waals surface area contributed by atoms with Crippen LogP contribution in [0.15, 0.2) is 24.3 Å². The molecule has 1 unspecified atom stereocenters. The highest BCUT2D eigenvalue weighted by Gasteiger charge is 2.20. The lowest BCUT2D eigenvalue weighted by molar-refractivity contribution is 0.322. The van der Waals surface area contributed by atoms with Crippen LogP contribution in [0, 0.1) is 12.8 Å². The molecular weight excluding hydrogens is 288 g/mol. The molecule has 1 aromatic rings. The SMILES string of the molecule is Cc1cccc(OCCNS(=O)(=O)CC2CCCNC2)c1. The number of benzene rings is 1. The summed E-state index contributed by atoms with van der Waals surface area (Å²) in [6.07, 6.45) is 2.03. The number of piperidine rings is 1. The number of aryl methyl sites for hydroxylation is 1. The lowest BCUT2D eigenvalue weighted by atomic mass is 10.0. The fourth-order valence-electron chi connectivity index (χ4n) is 2.51. The second kappa shape index (κ2) is 7.77. The van der Waals surface area contributed by atoms with Crippen LogP contribution in [0.3, 0.4) is 0 Å². The maximum Gasteiger partial charge on any atom is 0.212 e. The van der Waals surface area contributed by atoms with Crippen LogP contribution in [0.5, 0.6) is 5.75 Å². The number of sulfonamides is 1. The molecule has 1 aliphatic rings. The molecule has 1 atom stereocenters. The standard InChI is InChI=1S/C15H24N2O3S/c1-13-4-2-6-15(10-13)20-9-8-17-21(18,19)12-14-5-3-7-16-11-14/h2,4,6,10,14,16-17H,3,5,7-9,11-12H2,1H3. The summed E-state index contributed by atoms with van der Waals surface area (Å²) in [5.41, 5.74) is 1.12. The lowest BCUT2D eigenvalue weighted by Gasteiger charge is -2.22. The Hall–Kier alpha value is -1.11. The summed E-state index contributed by atoms with van der Waals surface area (Å²) in [4.78, 5) is 0. The van der Waals surface area contributed by atoms with Crippen molar-refractivity contribution in [2.24, 2.45) is 5.92 Å². The molecule has 5 nitrogen and oxygen atoms in total. The highest BCUT2D eigenvalue weighted by atomic mass is 32.2. The van der Waals surface area contributed by atoms with Gasteiger partial charge in [0.25, 0.3) is 0 Å². The van der Waals surface area contributed by atoms with Gasteiger partial charge in [0.1, 0.15) is 12.4 Å². The van der Waals surface area contributed by atoms with Crippen molar-refractivity contribution >= 4 is 10.0 Å². The molecule has 118 valence electrons. The predicted molar refractivity (Wildman–Crippen MR) is 84.1 cm³/mol. The Morgan fingerprint density at radius 2 is 2.29 bits per heavy atom. The van der Waals surface area contributed by atoms with E-state index in [-0.39, 0.29) is 11.7 Å². The van der Waals surface area contributed by atoms with Gasteiger partial charge in [-0.25, -0.2) is 13.1 Å². The molecule has 0 spiro atoms. The second-order valence-corrected chi connectivity index (χ2v) is 7.40. The minimum absolute atomic E-state index is 0.199. The largest absolute Gasteiger partial charge is 0.492 e. The Morgan fingerprint density at radius 1 is 1.43 bits per heavy atom. The third-order valence-corrected chi connectivity index (χ3v) is 5.09. The zero-order chi connectivity index (χ0) is 15.1. The summed E-state index contributed by atoms with van der Waals surface area (Å²) in [6.45, 7) is 4.42. The van der Waals surface area contributed by atoms with Crippen LogP contribution in [-0.4, -0.2) is 40.4 Å². The van der Waals surface area contributed by atoms with E-state index in [1.165, 1.54) is 0 Å². The van der Waals surface area contributed by atoms with Gasteiger partial charge in [0.05, 0.1) is 5.75 Å². The number of hydrogen-bond donors (Lipinski definition) is 2. The van der Waals surface area contributed by atoms with Crippen molar-refractivity contribution in [3.63, 3.8) is 0 Å². The average Bonchev–Trinajstić information content (AvgIpc) is 2.44. The number of rotatable bonds is 7. The molecule has 0 saturated carbocycles. The first kappa shape index (κ1) is 16.3. The summed E-state index contributed by atoms with van der Waals surface area (Å²) >= 11 is 0. The molecule has 2 rings (SSSR count). The van der Waals surface area contributed by atoms with Gasteiger partial charge < -0.3 is 10.1 Å². The molecule has 0 amide bonds. The summed E-state index contributed by atoms with van der Waals surface area (Å²) in [7, 11) is -3.21. The molecule has 1 aliphatic heterocycles. The third kappa shape index (κ3) is 6.03. The fourth-order valence-corrected chi connectivity index (χ4v) is 3.92. The normalized spacial score (nSPS) is 19.4. The van der Waals surface area contributed by atoms with E-state index in [0.29, 0.717) is 13.2 Å². The van der Waals surface area contributed by atoms with Crippen molar-refractivity contribution in [2.75, 3.05) is 32.0 Å². The van der Waals surface area contributed by atoms with E-state index in [0.717, 1.165) is 37.2 Å². The van der Waals surface area contributed by atoms with Crippen LogP contribution in [0.2, 0.25) is 0 Å². The number of ether oxygens (including phenoxy) is 1. The van der Waals surface area contributed by atoms with Gasteiger partial charge in [0, 0.05) is 6.54 Å². The molecule has 0 aromatic heterocycles. The van der Waals surface area contributed by atoms with Crippen LogP contribution in [0.1, 0.15) is 18.4 Å². The molecule has 2 N–H and O–H groups in total. The van der Waals surface area contributed by atoms with Crippen molar-refractivity contribution in [3.05, 3.63) is 29.8 Å². The van der Waals surface area contributed by atoms with Gasteiger partial charge in [-0.3, -0.25) is 0 Å². The molecule has 0 radical (unpaired) electrons. The second-order valence-electron chi connectivity index (χ2n) is 5.55. The van der Waals surface area contributed by atoms with Gasteiger partial charge in [-0.15, -0.1) is 0 Å². The summed E-state index contributed by atoms with van der Waals surface area (Å²) in [5.74, 6) is 1.18. The summed E-state index contributed by atoms with van der Waals surface area (Å²) < 4.78 is 32.1. The van der Waals surface area contributed by atoms with E-state index in [2.05, 4.69) is 10.0 Å². The van der Waals surface area contributed by atoms with Gasteiger partial charge >= 0.3 is 0 Å². The summed E-state index contributed by atoms with van der Waals surface area (Å²) in [6, 6.07) is 7.72. The molecular formula is C15H24N2O3S. The van der Waals surface area contributed by atoms with E-state index in [1.807, 2.05) is 31.2 Å². The Labute approximate surface area is 127 Å². The fraction of sp³-hybridized carbons (Fsp3) is 0.600. The zero-order valence-corrected chi connectivity index (χ0v) is 13.3. The van der Waals surface area contributed by atoms with Crippen molar-refractivity contribution < 1.29 is 13.2 Å². The molecule has 1 heterocycles. The zero-order valence-electron chi connectivity index (χ0n) is 12.5. The van der Waals surface area contributed by atoms with E-state index < -0.39 is 10.0 Å². The van der Waals surface area contributed by atoms with E-state index in [4.69, 9.17) is 4.74 Å². The first-order chi connectivity index (χ1) is 10.1. The first-order valence-electron chi connectivity index (χ1n) is 7.43. The third-order valence-electron chi connectivity index (χ3n) is 3.54. The van der Waals surface area contributed by atoms with Crippen molar-refractivity contribution in [3.8, 4) is 5.75 Å². The van der Waals surface area contributed by atoms with Crippen LogP contribution in [-0.2, 0) is 10.0 Å². The smallest absolute Gasteiger partial charge is 0.212 e. The Balaban J connectivity index is 1.69. The van der Waals surface area contributed by atoms with Crippen molar-refractivity contribution in [1.29, 1.82) is 0 Å². The molecule has 1 fully saturated rings. The maximum absolute atomic E-state index is 12.0. The predicted octanol–water partition coefficient (Wildman–Crippen LogP) is 1.29. The van der Waals surface area contributed by atoms with Gasteiger partial charge in [0.2, 0.25) is 10.0 Å². The van der Waals surface area contributed by atoms with Crippen molar-refractivity contribution in [2.45, 2.75) is 19.8 Å². The van der Waals surface area contributed by atoms with Gasteiger partial charge in [-0.05, 0) is 56.5 Å². The molecule has 0 aliphatic carbocycles. The monoisotopic (exact) mass is 312 g/mol. The Kier molecular flexibility index (Phi) is 6.02.